The van der Waals surface area contributed by atoms with Gasteiger partial charge in [-0.3, -0.25) is 9.89 Å². The van der Waals surface area contributed by atoms with Crippen molar-refractivity contribution < 1.29 is 4.79 Å². The van der Waals surface area contributed by atoms with Crippen LogP contribution >= 0.6 is 0 Å². The van der Waals surface area contributed by atoms with Gasteiger partial charge in [0, 0.05) is 12.0 Å². The van der Waals surface area contributed by atoms with Crippen molar-refractivity contribution in [3.63, 3.8) is 0 Å². The molecule has 0 atom stereocenters. The zero-order valence-electron chi connectivity index (χ0n) is 9.13. The Morgan fingerprint density at radius 1 is 1.60 bits per heavy atom. The molecule has 5 nitrogen and oxygen atoms in total. The summed E-state index contributed by atoms with van der Waals surface area (Å²) in [7, 11) is 0. The number of aryl methyl sites for hydroxylation is 1. The number of aromatic amines is 1. The van der Waals surface area contributed by atoms with E-state index in [0.29, 0.717) is 0 Å². The molecule has 5 heteroatoms. The van der Waals surface area contributed by atoms with Crippen molar-refractivity contribution in [3.05, 3.63) is 11.6 Å². The molecule has 0 bridgehead atoms. The lowest BCUT2D eigenvalue weighted by Crippen LogP contribution is -2.34. The van der Waals surface area contributed by atoms with E-state index in [9.17, 15) is 4.79 Å². The standard InChI is InChI=1S/C10H16N4O/c1-3-4-7-11-8(14-13-7)9(15)12-10(2)5-6-10/h3-6H2,1-2H3,(H,12,15)(H,11,13,14). The van der Waals surface area contributed by atoms with Crippen molar-refractivity contribution in [3.8, 4) is 0 Å². The van der Waals surface area contributed by atoms with Crippen molar-refractivity contribution >= 4 is 5.91 Å². The first-order chi connectivity index (χ1) is 7.13. The third-order valence-electron chi connectivity index (χ3n) is 2.64. The molecule has 0 aliphatic heterocycles. The third-order valence-corrected chi connectivity index (χ3v) is 2.64. The number of carbonyl (C=O) groups excluding carboxylic acids is 1. The van der Waals surface area contributed by atoms with Gasteiger partial charge in [-0.1, -0.05) is 6.92 Å². The van der Waals surface area contributed by atoms with E-state index in [0.717, 1.165) is 31.5 Å². The Labute approximate surface area is 88.7 Å². The van der Waals surface area contributed by atoms with Gasteiger partial charge in [-0.2, -0.15) is 0 Å². The molecule has 1 aromatic rings. The Morgan fingerprint density at radius 2 is 2.33 bits per heavy atom. The lowest BCUT2D eigenvalue weighted by atomic mass is 10.3. The Kier molecular flexibility index (Phi) is 2.46. The SMILES string of the molecule is CCCc1nc(C(=O)NC2(C)CC2)n[nH]1. The molecule has 2 rings (SSSR count). The number of nitrogens with one attached hydrogen (secondary N) is 2. The van der Waals surface area contributed by atoms with E-state index in [1.807, 2.05) is 6.92 Å². The second kappa shape index (κ2) is 3.64. The van der Waals surface area contributed by atoms with Gasteiger partial charge < -0.3 is 5.32 Å². The molecular formula is C10H16N4O. The first-order valence-corrected chi connectivity index (χ1v) is 5.37. The van der Waals surface area contributed by atoms with Crippen molar-refractivity contribution in [2.24, 2.45) is 0 Å². The normalized spacial score (nSPS) is 17.5. The molecule has 1 aliphatic carbocycles. The molecule has 0 spiro atoms. The van der Waals surface area contributed by atoms with Crippen LogP contribution in [-0.4, -0.2) is 26.6 Å². The van der Waals surface area contributed by atoms with Crippen LogP contribution in [0.2, 0.25) is 0 Å². The summed E-state index contributed by atoms with van der Waals surface area (Å²) in [6, 6.07) is 0. The minimum Gasteiger partial charge on any atom is -0.344 e. The summed E-state index contributed by atoms with van der Waals surface area (Å²) in [5.41, 5.74) is -0.0113. The van der Waals surface area contributed by atoms with Gasteiger partial charge in [0.2, 0.25) is 5.82 Å². The largest absolute Gasteiger partial charge is 0.344 e. The summed E-state index contributed by atoms with van der Waals surface area (Å²) in [6.07, 6.45) is 3.92. The van der Waals surface area contributed by atoms with Gasteiger partial charge in [0.15, 0.2) is 0 Å². The van der Waals surface area contributed by atoms with Crippen LogP contribution in [0.1, 0.15) is 49.6 Å². The van der Waals surface area contributed by atoms with Crippen molar-refractivity contribution in [2.75, 3.05) is 0 Å². The molecule has 0 saturated heterocycles. The fourth-order valence-electron chi connectivity index (χ4n) is 1.39. The molecule has 0 aromatic carbocycles. The average Bonchev–Trinajstić information content (AvgIpc) is 2.74. The minimum atomic E-state index is -0.173. The van der Waals surface area contributed by atoms with Crippen LogP contribution < -0.4 is 5.32 Å². The molecule has 1 heterocycles. The summed E-state index contributed by atoms with van der Waals surface area (Å²) in [4.78, 5) is 15.8. The van der Waals surface area contributed by atoms with Gasteiger partial charge in [-0.15, -0.1) is 5.10 Å². The molecule has 1 saturated carbocycles. The maximum atomic E-state index is 11.7. The lowest BCUT2D eigenvalue weighted by molar-refractivity contribution is 0.0925. The van der Waals surface area contributed by atoms with Gasteiger partial charge in [0.25, 0.3) is 5.91 Å². The van der Waals surface area contributed by atoms with Crippen LogP contribution in [0, 0.1) is 0 Å². The summed E-state index contributed by atoms with van der Waals surface area (Å²) in [5, 5.41) is 9.59. The highest BCUT2D eigenvalue weighted by molar-refractivity contribution is 5.91. The molecule has 0 unspecified atom stereocenters. The Morgan fingerprint density at radius 3 is 2.93 bits per heavy atom. The zero-order valence-corrected chi connectivity index (χ0v) is 9.13. The number of carbonyl (C=O) groups is 1. The number of nitrogens with zero attached hydrogens (tertiary/aromatic N) is 2. The number of hydrogen-bond acceptors (Lipinski definition) is 3. The molecule has 15 heavy (non-hydrogen) atoms. The van der Waals surface area contributed by atoms with E-state index in [1.165, 1.54) is 0 Å². The number of hydrogen-bond donors (Lipinski definition) is 2. The summed E-state index contributed by atoms with van der Waals surface area (Å²) in [5.74, 6) is 0.865. The fraction of sp³-hybridized carbons (Fsp3) is 0.700. The van der Waals surface area contributed by atoms with Crippen molar-refractivity contribution in [2.45, 2.75) is 45.1 Å². The highest BCUT2D eigenvalue weighted by Gasteiger charge is 2.39. The Hall–Kier alpha value is -1.39. The second-order valence-corrected chi connectivity index (χ2v) is 4.37. The van der Waals surface area contributed by atoms with Gasteiger partial charge >= 0.3 is 0 Å². The number of amides is 1. The maximum Gasteiger partial charge on any atom is 0.291 e. The minimum absolute atomic E-state index is 0.0113. The maximum absolute atomic E-state index is 11.7. The van der Waals surface area contributed by atoms with Crippen LogP contribution in [0.15, 0.2) is 0 Å². The van der Waals surface area contributed by atoms with Crippen LogP contribution in [0.4, 0.5) is 0 Å². The highest BCUT2D eigenvalue weighted by Crippen LogP contribution is 2.34. The molecule has 0 radical (unpaired) electrons. The smallest absolute Gasteiger partial charge is 0.291 e. The first kappa shape index (κ1) is 10.1. The number of aromatic nitrogens is 3. The molecule has 2 N–H and O–H groups in total. The Bertz CT molecular complexity index is 367. The van der Waals surface area contributed by atoms with Crippen molar-refractivity contribution in [1.82, 2.24) is 20.5 Å². The topological polar surface area (TPSA) is 70.7 Å². The van der Waals surface area contributed by atoms with E-state index in [2.05, 4.69) is 27.4 Å². The monoisotopic (exact) mass is 208 g/mol. The highest BCUT2D eigenvalue weighted by atomic mass is 16.2. The van der Waals surface area contributed by atoms with Crippen LogP contribution in [0.3, 0.4) is 0 Å². The molecule has 1 aliphatic rings. The molecule has 1 amide bonds. The van der Waals surface area contributed by atoms with E-state index in [-0.39, 0.29) is 17.3 Å². The number of rotatable bonds is 4. The quantitative estimate of drug-likeness (QED) is 0.776. The van der Waals surface area contributed by atoms with Crippen LogP contribution in [0.25, 0.3) is 0 Å². The molecule has 1 fully saturated rings. The average molecular weight is 208 g/mol. The van der Waals surface area contributed by atoms with Gasteiger partial charge in [0.1, 0.15) is 5.82 Å². The van der Waals surface area contributed by atoms with E-state index in [4.69, 9.17) is 0 Å². The second-order valence-electron chi connectivity index (χ2n) is 4.37. The van der Waals surface area contributed by atoms with Crippen LogP contribution in [0.5, 0.6) is 0 Å². The third kappa shape index (κ3) is 2.34. The van der Waals surface area contributed by atoms with Gasteiger partial charge in [-0.25, -0.2) is 4.98 Å². The molecule has 1 aromatic heterocycles. The first-order valence-electron chi connectivity index (χ1n) is 5.37. The van der Waals surface area contributed by atoms with Gasteiger partial charge in [-0.05, 0) is 26.2 Å². The fourth-order valence-corrected chi connectivity index (χ4v) is 1.39. The zero-order chi connectivity index (χ0) is 10.9. The lowest BCUT2D eigenvalue weighted by Gasteiger charge is -2.08. The predicted octanol–water partition coefficient (Wildman–Crippen LogP) is 1.04. The van der Waals surface area contributed by atoms with E-state index in [1.54, 1.807) is 0 Å². The molecule has 82 valence electrons. The summed E-state index contributed by atoms with van der Waals surface area (Å²) >= 11 is 0. The number of H-pyrrole nitrogens is 1. The van der Waals surface area contributed by atoms with Gasteiger partial charge in [0.05, 0.1) is 0 Å². The molecular weight excluding hydrogens is 192 g/mol. The van der Waals surface area contributed by atoms with E-state index < -0.39 is 0 Å². The summed E-state index contributed by atoms with van der Waals surface area (Å²) in [6.45, 7) is 4.10. The summed E-state index contributed by atoms with van der Waals surface area (Å²) < 4.78 is 0. The predicted molar refractivity (Wildman–Crippen MR) is 55.5 cm³/mol. The van der Waals surface area contributed by atoms with Crippen molar-refractivity contribution in [1.29, 1.82) is 0 Å². The van der Waals surface area contributed by atoms with E-state index >= 15 is 0 Å². The van der Waals surface area contributed by atoms with Crippen LogP contribution in [-0.2, 0) is 6.42 Å². The Balaban J connectivity index is 1.98.